The zero-order chi connectivity index (χ0) is 13.8. The van der Waals surface area contributed by atoms with Gasteiger partial charge in [-0.2, -0.15) is 0 Å². The zero-order valence-corrected chi connectivity index (χ0v) is 10.3. The molecule has 98 valence electrons. The van der Waals surface area contributed by atoms with Crippen molar-refractivity contribution in [2.24, 2.45) is 0 Å². The minimum atomic E-state index is -0.922. The Hall–Kier alpha value is -2.63. The number of aliphatic carboxylic acids is 1. The Morgan fingerprint density at radius 1 is 1.32 bits per heavy atom. The average molecular weight is 259 g/mol. The monoisotopic (exact) mass is 259 g/mol. The predicted octanol–water partition coefficient (Wildman–Crippen LogP) is 1.86. The number of aryl methyl sites for hydroxylation is 1. The van der Waals surface area contributed by atoms with Crippen LogP contribution in [0.5, 0.6) is 5.75 Å². The summed E-state index contributed by atoms with van der Waals surface area (Å²) in [5, 5.41) is 21.4. The lowest BCUT2D eigenvalue weighted by Gasteiger charge is -2.09. The van der Waals surface area contributed by atoms with Crippen molar-refractivity contribution in [1.82, 2.24) is 9.97 Å². The van der Waals surface area contributed by atoms with Crippen LogP contribution < -0.4 is 5.32 Å². The third-order valence-electron chi connectivity index (χ3n) is 2.48. The Labute approximate surface area is 109 Å². The van der Waals surface area contributed by atoms with E-state index in [2.05, 4.69) is 15.3 Å². The van der Waals surface area contributed by atoms with Crippen LogP contribution in [0.3, 0.4) is 0 Å². The topological polar surface area (TPSA) is 95.3 Å². The number of hydrogen-bond donors (Lipinski definition) is 3. The summed E-state index contributed by atoms with van der Waals surface area (Å²) in [5.74, 6) is -0.352. The minimum Gasteiger partial charge on any atom is -0.506 e. The molecule has 0 fully saturated rings. The molecule has 0 saturated carbocycles. The van der Waals surface area contributed by atoms with Crippen molar-refractivity contribution in [3.05, 3.63) is 41.9 Å². The van der Waals surface area contributed by atoms with E-state index in [1.165, 1.54) is 12.4 Å². The van der Waals surface area contributed by atoms with Gasteiger partial charge in [-0.05, 0) is 24.6 Å². The number of anilines is 2. The van der Waals surface area contributed by atoms with E-state index < -0.39 is 5.97 Å². The molecule has 0 amide bonds. The number of benzene rings is 1. The summed E-state index contributed by atoms with van der Waals surface area (Å²) >= 11 is 0. The quantitative estimate of drug-likeness (QED) is 0.725. The molecule has 3 N–H and O–H groups in total. The number of carboxylic acids is 1. The lowest BCUT2D eigenvalue weighted by Crippen LogP contribution is -2.01. The molecule has 0 aliphatic rings. The number of nitrogens with one attached hydrogen (secondary N) is 1. The van der Waals surface area contributed by atoms with Gasteiger partial charge in [0, 0.05) is 11.8 Å². The first-order valence-electron chi connectivity index (χ1n) is 5.64. The first-order chi connectivity index (χ1) is 9.04. The second-order valence-corrected chi connectivity index (χ2v) is 4.09. The Bertz CT molecular complexity index is 614. The molecule has 0 saturated heterocycles. The standard InChI is InChI=1S/C13H13N3O3/c1-8-4-12(15-7-14-8)16-10-5-9(6-13(18)19)2-3-11(10)17/h2-5,7,17H,6H2,1H3,(H,18,19)(H,14,15,16). The van der Waals surface area contributed by atoms with Crippen LogP contribution in [-0.2, 0) is 11.2 Å². The molecule has 0 aliphatic carbocycles. The highest BCUT2D eigenvalue weighted by Gasteiger charge is 2.07. The number of hydrogen-bond acceptors (Lipinski definition) is 5. The summed E-state index contributed by atoms with van der Waals surface area (Å²) in [4.78, 5) is 18.7. The van der Waals surface area contributed by atoms with Gasteiger partial charge in [0.1, 0.15) is 17.9 Å². The van der Waals surface area contributed by atoms with Crippen LogP contribution in [0.4, 0.5) is 11.5 Å². The molecule has 1 aromatic heterocycles. The highest BCUT2D eigenvalue weighted by atomic mass is 16.4. The molecule has 0 unspecified atom stereocenters. The third-order valence-corrected chi connectivity index (χ3v) is 2.48. The molecule has 0 bridgehead atoms. The van der Waals surface area contributed by atoms with E-state index in [0.717, 1.165) is 5.69 Å². The van der Waals surface area contributed by atoms with Gasteiger partial charge in [0.2, 0.25) is 0 Å². The van der Waals surface area contributed by atoms with Crippen LogP contribution in [0, 0.1) is 6.92 Å². The normalized spacial score (nSPS) is 10.2. The van der Waals surface area contributed by atoms with Gasteiger partial charge in [0.25, 0.3) is 0 Å². The third kappa shape index (κ3) is 3.41. The molecule has 1 heterocycles. The van der Waals surface area contributed by atoms with Crippen molar-refractivity contribution in [3.8, 4) is 5.75 Å². The summed E-state index contributed by atoms with van der Waals surface area (Å²) in [6.45, 7) is 1.83. The van der Waals surface area contributed by atoms with Gasteiger partial charge in [-0.1, -0.05) is 6.07 Å². The van der Waals surface area contributed by atoms with E-state index in [0.29, 0.717) is 17.1 Å². The molecule has 6 nitrogen and oxygen atoms in total. The molecular formula is C13H13N3O3. The van der Waals surface area contributed by atoms with Crippen LogP contribution in [0.15, 0.2) is 30.6 Å². The summed E-state index contributed by atoms with van der Waals surface area (Å²) in [7, 11) is 0. The Morgan fingerprint density at radius 2 is 2.11 bits per heavy atom. The van der Waals surface area contributed by atoms with Crippen molar-refractivity contribution in [3.63, 3.8) is 0 Å². The van der Waals surface area contributed by atoms with Crippen LogP contribution in [0.25, 0.3) is 0 Å². The summed E-state index contributed by atoms with van der Waals surface area (Å²) in [6.07, 6.45) is 1.31. The highest BCUT2D eigenvalue weighted by Crippen LogP contribution is 2.27. The maximum Gasteiger partial charge on any atom is 0.307 e. The van der Waals surface area contributed by atoms with Gasteiger partial charge in [-0.3, -0.25) is 4.79 Å². The molecule has 2 rings (SSSR count). The number of phenols is 1. The van der Waals surface area contributed by atoms with Gasteiger partial charge >= 0.3 is 5.97 Å². The molecular weight excluding hydrogens is 246 g/mol. The smallest absolute Gasteiger partial charge is 0.307 e. The Morgan fingerprint density at radius 3 is 2.79 bits per heavy atom. The van der Waals surface area contributed by atoms with Crippen LogP contribution in [0.1, 0.15) is 11.3 Å². The largest absolute Gasteiger partial charge is 0.506 e. The lowest BCUT2D eigenvalue weighted by atomic mass is 10.1. The van der Waals surface area contributed by atoms with E-state index >= 15 is 0 Å². The summed E-state index contributed by atoms with van der Waals surface area (Å²) in [6, 6.07) is 6.33. The van der Waals surface area contributed by atoms with Crippen molar-refractivity contribution in [2.75, 3.05) is 5.32 Å². The average Bonchev–Trinajstić information content (AvgIpc) is 2.33. The van der Waals surface area contributed by atoms with Crippen molar-refractivity contribution < 1.29 is 15.0 Å². The maximum absolute atomic E-state index is 10.7. The van der Waals surface area contributed by atoms with Gasteiger partial charge < -0.3 is 15.5 Å². The van der Waals surface area contributed by atoms with Crippen LogP contribution in [-0.4, -0.2) is 26.2 Å². The number of carboxylic acid groups (broad SMARTS) is 1. The van der Waals surface area contributed by atoms with E-state index in [9.17, 15) is 9.90 Å². The Balaban J connectivity index is 2.26. The molecule has 0 spiro atoms. The second kappa shape index (κ2) is 5.34. The fraction of sp³-hybridized carbons (Fsp3) is 0.154. The van der Waals surface area contributed by atoms with Crippen molar-refractivity contribution in [1.29, 1.82) is 0 Å². The number of carbonyl (C=O) groups is 1. The van der Waals surface area contributed by atoms with Gasteiger partial charge in [-0.15, -0.1) is 0 Å². The number of nitrogens with zero attached hydrogens (tertiary/aromatic N) is 2. The Kier molecular flexibility index (Phi) is 3.61. The second-order valence-electron chi connectivity index (χ2n) is 4.09. The molecule has 6 heteroatoms. The summed E-state index contributed by atoms with van der Waals surface area (Å²) < 4.78 is 0. The van der Waals surface area contributed by atoms with Crippen LogP contribution in [0.2, 0.25) is 0 Å². The predicted molar refractivity (Wildman–Crippen MR) is 69.5 cm³/mol. The number of aromatic nitrogens is 2. The number of phenolic OH excluding ortho intramolecular Hbond substituents is 1. The number of rotatable bonds is 4. The molecule has 1 aromatic carbocycles. The van der Waals surface area contributed by atoms with E-state index in [4.69, 9.17) is 5.11 Å². The molecule has 0 aliphatic heterocycles. The molecule has 19 heavy (non-hydrogen) atoms. The maximum atomic E-state index is 10.7. The van der Waals surface area contributed by atoms with Crippen molar-refractivity contribution >= 4 is 17.5 Å². The SMILES string of the molecule is Cc1cc(Nc2cc(CC(=O)O)ccc2O)ncn1. The number of aromatic hydroxyl groups is 1. The van der Waals surface area contributed by atoms with E-state index in [-0.39, 0.29) is 12.2 Å². The molecule has 0 radical (unpaired) electrons. The first-order valence-corrected chi connectivity index (χ1v) is 5.64. The minimum absolute atomic E-state index is 0.0328. The van der Waals surface area contributed by atoms with Gasteiger partial charge in [0.05, 0.1) is 12.1 Å². The van der Waals surface area contributed by atoms with Gasteiger partial charge in [-0.25, -0.2) is 9.97 Å². The fourth-order valence-electron chi connectivity index (χ4n) is 1.63. The van der Waals surface area contributed by atoms with Gasteiger partial charge in [0.15, 0.2) is 0 Å². The molecule has 2 aromatic rings. The van der Waals surface area contributed by atoms with E-state index in [1.807, 2.05) is 6.92 Å². The molecule has 0 atom stereocenters. The first kappa shape index (κ1) is 12.8. The summed E-state index contributed by atoms with van der Waals surface area (Å²) in [5.41, 5.74) is 1.80. The van der Waals surface area contributed by atoms with Crippen molar-refractivity contribution in [2.45, 2.75) is 13.3 Å². The van der Waals surface area contributed by atoms with Crippen LogP contribution >= 0.6 is 0 Å². The van der Waals surface area contributed by atoms with E-state index in [1.54, 1.807) is 18.2 Å². The highest BCUT2D eigenvalue weighted by molar-refractivity contribution is 5.72. The fourth-order valence-corrected chi connectivity index (χ4v) is 1.63. The lowest BCUT2D eigenvalue weighted by molar-refractivity contribution is -0.136. The zero-order valence-electron chi connectivity index (χ0n) is 10.3.